The van der Waals surface area contributed by atoms with E-state index in [9.17, 15) is 4.79 Å². The van der Waals surface area contributed by atoms with Crippen molar-refractivity contribution < 1.29 is 9.53 Å². The van der Waals surface area contributed by atoms with Crippen LogP contribution in [0.2, 0.25) is 0 Å². The minimum absolute atomic E-state index is 0.0194. The van der Waals surface area contributed by atoms with E-state index in [4.69, 9.17) is 14.8 Å². The maximum absolute atomic E-state index is 13.4. The maximum atomic E-state index is 13.4. The Balaban J connectivity index is 1.45. The van der Waals surface area contributed by atoms with Crippen LogP contribution in [0.5, 0.6) is 0 Å². The summed E-state index contributed by atoms with van der Waals surface area (Å²) in [6.07, 6.45) is 7.45. The molecule has 35 heavy (non-hydrogen) atoms. The summed E-state index contributed by atoms with van der Waals surface area (Å²) < 4.78 is 5.51. The number of amides is 1. The Morgan fingerprint density at radius 1 is 1.20 bits per heavy atom. The van der Waals surface area contributed by atoms with Crippen LogP contribution in [0, 0.1) is 37.5 Å². The van der Waals surface area contributed by atoms with Gasteiger partial charge in [0.15, 0.2) is 0 Å². The first-order chi connectivity index (χ1) is 16.9. The summed E-state index contributed by atoms with van der Waals surface area (Å²) in [5, 5.41) is 8.07. The topological polar surface area (TPSA) is 70.6 Å². The summed E-state index contributed by atoms with van der Waals surface area (Å²) in [5.41, 5.74) is 8.94. The van der Waals surface area contributed by atoms with E-state index >= 15 is 0 Å². The lowest BCUT2D eigenvalue weighted by atomic mass is 9.86. The molecule has 1 aromatic heterocycles. The molecule has 188 valence electrons. The molecule has 2 aliphatic carbocycles. The number of fused-ring (bicyclic) bond motifs is 2. The summed E-state index contributed by atoms with van der Waals surface area (Å²) in [6, 6.07) is 4.26. The smallest absolute Gasteiger partial charge is 0.229 e. The fourth-order valence-electron chi connectivity index (χ4n) is 6.13. The van der Waals surface area contributed by atoms with Crippen LogP contribution in [0.25, 0.3) is 0 Å². The number of benzene rings is 1. The van der Waals surface area contributed by atoms with E-state index in [1.165, 1.54) is 17.7 Å². The molecule has 6 nitrogen and oxygen atoms in total. The number of nitrogens with one attached hydrogen (secondary N) is 1. The maximum Gasteiger partial charge on any atom is 0.229 e. The van der Waals surface area contributed by atoms with Gasteiger partial charge in [0.05, 0.1) is 11.4 Å². The normalized spacial score (nSPS) is 22.9. The van der Waals surface area contributed by atoms with Crippen molar-refractivity contribution in [3.05, 3.63) is 40.2 Å². The lowest BCUT2D eigenvalue weighted by molar-refractivity contribution is -0.124. The standard InChI is InChI=1S/C29H40N4O2/c1-6-7-24(28-23-14-21-13-22(21)15-26(23)31-32-28)30-25-16-27(18(3)12-17(25)2)33(5)29(34)19(4)20-8-10-35-11-9-20/h12,16,19-22H,6-11,13-15H2,1-5H3,(H,31,32)/b30-24+. The summed E-state index contributed by atoms with van der Waals surface area (Å²) in [7, 11) is 1.91. The van der Waals surface area contributed by atoms with Gasteiger partial charge >= 0.3 is 0 Å². The SMILES string of the molecule is CCC/C(=N\c1cc(N(C)C(=O)C(C)C2CCOCC2)c(C)cc1C)c1n[nH]c2c1CC1CC1C2. The van der Waals surface area contributed by atoms with Crippen molar-refractivity contribution in [3.63, 3.8) is 0 Å². The number of hydrogen-bond donors (Lipinski definition) is 1. The fraction of sp³-hybridized carbons (Fsp3) is 0.621. The molecule has 1 saturated heterocycles. The van der Waals surface area contributed by atoms with Crippen LogP contribution in [-0.2, 0) is 22.4 Å². The van der Waals surface area contributed by atoms with Gasteiger partial charge in [0.2, 0.25) is 5.91 Å². The quantitative estimate of drug-likeness (QED) is 0.521. The molecule has 1 N–H and O–H groups in total. The number of aromatic amines is 1. The Bertz CT molecular complexity index is 1130. The number of hydrogen-bond acceptors (Lipinski definition) is 4. The molecule has 2 aromatic rings. The molecule has 1 amide bonds. The average molecular weight is 477 g/mol. The molecular weight excluding hydrogens is 436 g/mol. The Morgan fingerprint density at radius 3 is 2.69 bits per heavy atom. The van der Waals surface area contributed by atoms with Gasteiger partial charge in [-0.1, -0.05) is 26.3 Å². The molecule has 2 heterocycles. The molecule has 3 atom stereocenters. The van der Waals surface area contributed by atoms with Crippen LogP contribution < -0.4 is 4.90 Å². The minimum Gasteiger partial charge on any atom is -0.381 e. The van der Waals surface area contributed by atoms with E-state index in [2.05, 4.69) is 44.9 Å². The Labute approximate surface area is 209 Å². The summed E-state index contributed by atoms with van der Waals surface area (Å²) in [5.74, 6) is 2.24. The number of aromatic nitrogens is 2. The van der Waals surface area contributed by atoms with E-state index in [1.807, 2.05) is 11.9 Å². The molecule has 1 aromatic carbocycles. The van der Waals surface area contributed by atoms with Crippen molar-refractivity contribution in [1.82, 2.24) is 10.2 Å². The van der Waals surface area contributed by atoms with E-state index in [0.29, 0.717) is 5.92 Å². The van der Waals surface area contributed by atoms with Crippen LogP contribution >= 0.6 is 0 Å². The third kappa shape index (κ3) is 4.82. The van der Waals surface area contributed by atoms with Gasteiger partial charge in [0.1, 0.15) is 5.69 Å². The van der Waals surface area contributed by atoms with E-state index in [1.54, 1.807) is 0 Å². The second-order valence-corrected chi connectivity index (χ2v) is 11.1. The summed E-state index contributed by atoms with van der Waals surface area (Å²) >= 11 is 0. The summed E-state index contributed by atoms with van der Waals surface area (Å²) in [4.78, 5) is 20.5. The molecule has 0 radical (unpaired) electrons. The number of rotatable bonds is 7. The first kappa shape index (κ1) is 24.2. The monoisotopic (exact) mass is 476 g/mol. The van der Waals surface area contributed by atoms with E-state index in [0.717, 1.165) is 97.5 Å². The molecule has 0 bridgehead atoms. The van der Waals surface area contributed by atoms with Crippen molar-refractivity contribution in [3.8, 4) is 0 Å². The van der Waals surface area contributed by atoms with Gasteiger partial charge < -0.3 is 9.64 Å². The van der Waals surface area contributed by atoms with E-state index < -0.39 is 0 Å². The molecule has 0 spiro atoms. The number of carbonyl (C=O) groups excluding carboxylic acids is 1. The number of carbonyl (C=O) groups is 1. The second kappa shape index (κ2) is 9.88. The van der Waals surface area contributed by atoms with Crippen LogP contribution in [0.1, 0.15) is 74.0 Å². The Hall–Kier alpha value is -2.47. The number of anilines is 1. The predicted molar refractivity (Wildman–Crippen MR) is 141 cm³/mol. The molecule has 3 aliphatic rings. The molecule has 1 aliphatic heterocycles. The van der Waals surface area contributed by atoms with Crippen molar-refractivity contribution in [2.24, 2.45) is 28.7 Å². The number of nitrogens with zero attached hydrogens (tertiary/aromatic N) is 3. The van der Waals surface area contributed by atoms with Crippen LogP contribution in [0.15, 0.2) is 17.1 Å². The van der Waals surface area contributed by atoms with Gasteiger partial charge in [-0.05, 0) is 87.3 Å². The zero-order chi connectivity index (χ0) is 24.7. The van der Waals surface area contributed by atoms with Gasteiger partial charge in [0, 0.05) is 43.1 Å². The highest BCUT2D eigenvalue weighted by Crippen LogP contribution is 2.48. The van der Waals surface area contributed by atoms with Crippen molar-refractivity contribution >= 4 is 23.0 Å². The molecule has 1 saturated carbocycles. The third-order valence-electron chi connectivity index (χ3n) is 8.54. The fourth-order valence-corrected chi connectivity index (χ4v) is 6.13. The van der Waals surface area contributed by atoms with E-state index in [-0.39, 0.29) is 11.8 Å². The number of aliphatic imine (C=N–C) groups is 1. The zero-order valence-electron chi connectivity index (χ0n) is 22.0. The Kier molecular flexibility index (Phi) is 6.84. The van der Waals surface area contributed by atoms with Gasteiger partial charge in [-0.3, -0.25) is 14.9 Å². The lowest BCUT2D eigenvalue weighted by Crippen LogP contribution is -2.37. The largest absolute Gasteiger partial charge is 0.381 e. The van der Waals surface area contributed by atoms with Gasteiger partial charge in [-0.2, -0.15) is 5.10 Å². The zero-order valence-corrected chi connectivity index (χ0v) is 22.0. The molecule has 6 heteroatoms. The highest BCUT2D eigenvalue weighted by atomic mass is 16.5. The lowest BCUT2D eigenvalue weighted by Gasteiger charge is -2.30. The predicted octanol–water partition coefficient (Wildman–Crippen LogP) is 5.71. The van der Waals surface area contributed by atoms with Crippen LogP contribution in [-0.4, -0.2) is 42.1 Å². The van der Waals surface area contributed by atoms with Gasteiger partial charge in [-0.25, -0.2) is 0 Å². The highest BCUT2D eigenvalue weighted by Gasteiger charge is 2.43. The molecule has 3 unspecified atom stereocenters. The van der Waals surface area contributed by atoms with Gasteiger partial charge in [-0.15, -0.1) is 0 Å². The first-order valence-electron chi connectivity index (χ1n) is 13.5. The molecule has 5 rings (SSSR count). The second-order valence-electron chi connectivity index (χ2n) is 11.1. The third-order valence-corrected chi connectivity index (χ3v) is 8.54. The first-order valence-corrected chi connectivity index (χ1v) is 13.5. The van der Waals surface area contributed by atoms with Crippen molar-refractivity contribution in [2.75, 3.05) is 25.2 Å². The Morgan fingerprint density at radius 2 is 1.94 bits per heavy atom. The number of aryl methyl sites for hydroxylation is 2. The minimum atomic E-state index is -0.0194. The highest BCUT2D eigenvalue weighted by molar-refractivity contribution is 6.02. The van der Waals surface area contributed by atoms with Gasteiger partial charge in [0.25, 0.3) is 0 Å². The van der Waals surface area contributed by atoms with Crippen molar-refractivity contribution in [1.29, 1.82) is 0 Å². The molecular formula is C29H40N4O2. The number of H-pyrrole nitrogens is 1. The molecule has 2 fully saturated rings. The summed E-state index contributed by atoms with van der Waals surface area (Å²) in [6.45, 7) is 9.98. The van der Waals surface area contributed by atoms with Crippen molar-refractivity contribution in [2.45, 2.75) is 72.6 Å². The van der Waals surface area contributed by atoms with Crippen LogP contribution in [0.4, 0.5) is 11.4 Å². The van der Waals surface area contributed by atoms with Crippen LogP contribution in [0.3, 0.4) is 0 Å². The number of ether oxygens (including phenoxy) is 1. The average Bonchev–Trinajstić information content (AvgIpc) is 3.51.